The van der Waals surface area contributed by atoms with E-state index in [1.54, 1.807) is 18.2 Å². The third kappa shape index (κ3) is 3.69. The molecule has 2 N–H and O–H groups in total. The standard InChI is InChI=1S/C21H19N7O2/c29-19(11-10-18-23-17-7-2-1-6-16(17)21(30)24-18)22-14-5-3-4-13(12-14)20-25-26-27-28(20)15-8-9-15/h1-7,12,15H,8-11H2,(H,22,29)(H,23,24,30). The van der Waals surface area contributed by atoms with Crippen LogP contribution in [0.2, 0.25) is 0 Å². The summed E-state index contributed by atoms with van der Waals surface area (Å²) in [5.74, 6) is 1.03. The predicted molar refractivity (Wildman–Crippen MR) is 111 cm³/mol. The summed E-state index contributed by atoms with van der Waals surface area (Å²) in [5, 5.41) is 15.4. The van der Waals surface area contributed by atoms with Gasteiger partial charge >= 0.3 is 0 Å². The Morgan fingerprint density at radius 2 is 2.03 bits per heavy atom. The lowest BCUT2D eigenvalue weighted by molar-refractivity contribution is -0.116. The van der Waals surface area contributed by atoms with E-state index in [0.717, 1.165) is 18.4 Å². The van der Waals surface area contributed by atoms with E-state index >= 15 is 0 Å². The summed E-state index contributed by atoms with van der Waals surface area (Å²) in [6, 6.07) is 15.0. The Hall–Kier alpha value is -3.88. The van der Waals surface area contributed by atoms with Crippen molar-refractivity contribution < 1.29 is 4.79 Å². The highest BCUT2D eigenvalue weighted by Gasteiger charge is 2.28. The second-order valence-corrected chi connectivity index (χ2v) is 7.34. The molecule has 5 rings (SSSR count). The van der Waals surface area contributed by atoms with Crippen LogP contribution < -0.4 is 10.9 Å². The van der Waals surface area contributed by atoms with Gasteiger partial charge in [-0.05, 0) is 47.5 Å². The lowest BCUT2D eigenvalue weighted by Crippen LogP contribution is -2.16. The Kier molecular flexibility index (Phi) is 4.55. The van der Waals surface area contributed by atoms with E-state index in [9.17, 15) is 9.59 Å². The van der Waals surface area contributed by atoms with E-state index in [4.69, 9.17) is 0 Å². The lowest BCUT2D eigenvalue weighted by Gasteiger charge is -2.08. The van der Waals surface area contributed by atoms with Crippen molar-refractivity contribution in [1.82, 2.24) is 30.2 Å². The van der Waals surface area contributed by atoms with Crippen LogP contribution >= 0.6 is 0 Å². The molecule has 0 radical (unpaired) electrons. The fourth-order valence-corrected chi connectivity index (χ4v) is 3.39. The molecular weight excluding hydrogens is 382 g/mol. The summed E-state index contributed by atoms with van der Waals surface area (Å²) in [6.07, 6.45) is 2.70. The van der Waals surface area contributed by atoms with Gasteiger partial charge in [0, 0.05) is 24.1 Å². The molecule has 1 aliphatic carbocycles. The topological polar surface area (TPSA) is 118 Å². The minimum absolute atomic E-state index is 0.162. The van der Waals surface area contributed by atoms with Crippen LogP contribution in [0, 0.1) is 0 Å². The Morgan fingerprint density at radius 3 is 2.90 bits per heavy atom. The SMILES string of the molecule is O=C(CCc1nc2ccccc2c(=O)[nH]1)Nc1cccc(-c2nnnn2C2CC2)c1. The van der Waals surface area contributed by atoms with Gasteiger partial charge in [-0.2, -0.15) is 0 Å². The zero-order valence-corrected chi connectivity index (χ0v) is 16.1. The molecule has 0 atom stereocenters. The van der Waals surface area contributed by atoms with E-state index in [-0.39, 0.29) is 17.9 Å². The fourth-order valence-electron chi connectivity index (χ4n) is 3.39. The van der Waals surface area contributed by atoms with Gasteiger partial charge in [0.05, 0.1) is 16.9 Å². The number of fused-ring (bicyclic) bond motifs is 1. The Balaban J connectivity index is 1.27. The van der Waals surface area contributed by atoms with Crippen LogP contribution in [0.4, 0.5) is 5.69 Å². The molecule has 0 aliphatic heterocycles. The number of aromatic amines is 1. The van der Waals surface area contributed by atoms with Crippen molar-refractivity contribution in [1.29, 1.82) is 0 Å². The first-order chi connectivity index (χ1) is 14.7. The number of aryl methyl sites for hydroxylation is 1. The van der Waals surface area contributed by atoms with Crippen molar-refractivity contribution in [2.24, 2.45) is 0 Å². The maximum absolute atomic E-state index is 12.4. The number of nitrogens with zero attached hydrogens (tertiary/aromatic N) is 5. The number of aromatic nitrogens is 6. The number of H-pyrrole nitrogens is 1. The van der Waals surface area contributed by atoms with Gasteiger partial charge in [-0.15, -0.1) is 5.10 Å². The van der Waals surface area contributed by atoms with Gasteiger partial charge in [0.2, 0.25) is 5.91 Å². The van der Waals surface area contributed by atoms with Crippen molar-refractivity contribution >= 4 is 22.5 Å². The highest BCUT2D eigenvalue weighted by atomic mass is 16.1. The maximum atomic E-state index is 12.4. The highest BCUT2D eigenvalue weighted by Crippen LogP contribution is 2.36. The summed E-state index contributed by atoms with van der Waals surface area (Å²) >= 11 is 0. The number of hydrogen-bond acceptors (Lipinski definition) is 6. The number of nitrogens with one attached hydrogen (secondary N) is 2. The van der Waals surface area contributed by atoms with E-state index in [1.807, 2.05) is 35.0 Å². The minimum atomic E-state index is -0.197. The number of rotatable bonds is 6. The van der Waals surface area contributed by atoms with Crippen molar-refractivity contribution in [2.45, 2.75) is 31.7 Å². The van der Waals surface area contributed by atoms with Gasteiger partial charge < -0.3 is 10.3 Å². The molecule has 2 heterocycles. The van der Waals surface area contributed by atoms with E-state index in [0.29, 0.717) is 40.7 Å². The summed E-state index contributed by atoms with van der Waals surface area (Å²) in [4.78, 5) is 31.8. The second kappa shape index (κ2) is 7.51. The van der Waals surface area contributed by atoms with Crippen molar-refractivity contribution in [3.05, 3.63) is 64.7 Å². The molecule has 1 amide bonds. The average Bonchev–Trinajstić information content (AvgIpc) is 3.48. The molecule has 0 unspecified atom stereocenters. The first-order valence-electron chi connectivity index (χ1n) is 9.83. The maximum Gasteiger partial charge on any atom is 0.258 e. The molecule has 0 bridgehead atoms. The molecule has 4 aromatic rings. The molecule has 1 saturated carbocycles. The largest absolute Gasteiger partial charge is 0.326 e. The molecule has 0 spiro atoms. The Labute approximate surface area is 171 Å². The first kappa shape index (κ1) is 18.2. The summed E-state index contributed by atoms with van der Waals surface area (Å²) < 4.78 is 1.84. The van der Waals surface area contributed by atoms with Gasteiger partial charge in [0.15, 0.2) is 5.82 Å². The molecule has 2 aromatic heterocycles. The Bertz CT molecular complexity index is 1290. The average molecular weight is 401 g/mol. The van der Waals surface area contributed by atoms with Crippen LogP contribution in [0.15, 0.2) is 53.3 Å². The van der Waals surface area contributed by atoms with E-state index in [1.165, 1.54) is 0 Å². The highest BCUT2D eigenvalue weighted by molar-refractivity contribution is 5.91. The smallest absolute Gasteiger partial charge is 0.258 e. The van der Waals surface area contributed by atoms with Crippen molar-refractivity contribution in [3.63, 3.8) is 0 Å². The number of amides is 1. The van der Waals surface area contributed by atoms with Gasteiger partial charge in [-0.25, -0.2) is 9.67 Å². The second-order valence-electron chi connectivity index (χ2n) is 7.34. The third-order valence-corrected chi connectivity index (χ3v) is 5.04. The van der Waals surface area contributed by atoms with Crippen LogP contribution in [0.3, 0.4) is 0 Å². The summed E-state index contributed by atoms with van der Waals surface area (Å²) in [7, 11) is 0. The number of anilines is 1. The van der Waals surface area contributed by atoms with Gasteiger partial charge in [0.25, 0.3) is 5.56 Å². The van der Waals surface area contributed by atoms with Crippen molar-refractivity contribution in [3.8, 4) is 11.4 Å². The van der Waals surface area contributed by atoms with Crippen LogP contribution in [0.1, 0.15) is 31.1 Å². The van der Waals surface area contributed by atoms with Gasteiger partial charge in [-0.1, -0.05) is 24.3 Å². The minimum Gasteiger partial charge on any atom is -0.326 e. The summed E-state index contributed by atoms with van der Waals surface area (Å²) in [5.41, 5.74) is 1.95. The third-order valence-electron chi connectivity index (χ3n) is 5.04. The molecule has 30 heavy (non-hydrogen) atoms. The predicted octanol–water partition coefficient (Wildman–Crippen LogP) is 2.48. The monoisotopic (exact) mass is 401 g/mol. The zero-order chi connectivity index (χ0) is 20.5. The fraction of sp³-hybridized carbons (Fsp3) is 0.238. The van der Waals surface area contributed by atoms with Crippen LogP contribution in [0.25, 0.3) is 22.3 Å². The molecule has 9 nitrogen and oxygen atoms in total. The molecule has 9 heteroatoms. The van der Waals surface area contributed by atoms with Crippen LogP contribution in [-0.4, -0.2) is 36.1 Å². The van der Waals surface area contributed by atoms with Gasteiger partial charge in [-0.3, -0.25) is 9.59 Å². The van der Waals surface area contributed by atoms with Crippen molar-refractivity contribution in [2.75, 3.05) is 5.32 Å². The first-order valence-corrected chi connectivity index (χ1v) is 9.83. The summed E-state index contributed by atoms with van der Waals surface area (Å²) in [6.45, 7) is 0. The molecule has 2 aromatic carbocycles. The number of carbonyl (C=O) groups excluding carboxylic acids is 1. The lowest BCUT2D eigenvalue weighted by atomic mass is 10.1. The number of para-hydroxylation sites is 1. The zero-order valence-electron chi connectivity index (χ0n) is 16.1. The molecule has 0 saturated heterocycles. The van der Waals surface area contributed by atoms with Crippen LogP contribution in [0.5, 0.6) is 0 Å². The van der Waals surface area contributed by atoms with E-state index in [2.05, 4.69) is 30.8 Å². The normalized spacial score (nSPS) is 13.5. The van der Waals surface area contributed by atoms with Gasteiger partial charge in [0.1, 0.15) is 5.82 Å². The Morgan fingerprint density at radius 1 is 1.17 bits per heavy atom. The molecule has 150 valence electrons. The van der Waals surface area contributed by atoms with Crippen LogP contribution in [-0.2, 0) is 11.2 Å². The molecular formula is C21H19N7O2. The number of benzene rings is 2. The molecule has 1 aliphatic rings. The van der Waals surface area contributed by atoms with E-state index < -0.39 is 0 Å². The number of tetrazole rings is 1. The molecule has 1 fully saturated rings. The quantitative estimate of drug-likeness (QED) is 0.512. The number of carbonyl (C=O) groups is 1. The number of hydrogen-bond donors (Lipinski definition) is 2.